The molecule has 0 aliphatic heterocycles. The van der Waals surface area contributed by atoms with E-state index in [-0.39, 0.29) is 31.1 Å². The molecule has 3 aromatic carbocycles. The second-order valence-corrected chi connectivity index (χ2v) is 13.0. The van der Waals surface area contributed by atoms with Crippen molar-refractivity contribution in [3.05, 3.63) is 108 Å². The zero-order valence-electron chi connectivity index (χ0n) is 28.6. The highest BCUT2D eigenvalue weighted by Crippen LogP contribution is 2.11. The lowest BCUT2D eigenvalue weighted by Crippen LogP contribution is -2.60. The number of nitrogens with two attached hydrogens (primary N) is 1. The monoisotopic (exact) mass is 671 g/mol. The summed E-state index contributed by atoms with van der Waals surface area (Å²) in [6, 6.07) is 22.9. The second-order valence-electron chi connectivity index (χ2n) is 13.0. The quantitative estimate of drug-likeness (QED) is 0.121. The Hall–Kier alpha value is -5.03. The maximum absolute atomic E-state index is 13.9. The van der Waals surface area contributed by atoms with Crippen molar-refractivity contribution >= 4 is 29.5 Å². The predicted molar refractivity (Wildman–Crippen MR) is 188 cm³/mol. The molecule has 11 nitrogen and oxygen atoms in total. The van der Waals surface area contributed by atoms with Crippen LogP contribution in [0.4, 0.5) is 0 Å². The molecule has 7 N–H and O–H groups in total. The van der Waals surface area contributed by atoms with Gasteiger partial charge in [-0.2, -0.15) is 0 Å². The Bertz CT molecular complexity index is 1520. The van der Waals surface area contributed by atoms with Gasteiger partial charge in [-0.15, -0.1) is 0 Å². The Morgan fingerprint density at radius 2 is 0.939 bits per heavy atom. The molecule has 0 aliphatic rings. The molecule has 3 aromatic rings. The van der Waals surface area contributed by atoms with Crippen molar-refractivity contribution in [2.75, 3.05) is 0 Å². The second kappa shape index (κ2) is 19.1. The average molecular weight is 672 g/mol. The number of aliphatic hydroxyl groups is 1. The van der Waals surface area contributed by atoms with E-state index in [1.165, 1.54) is 0 Å². The highest BCUT2D eigenvalue weighted by molar-refractivity contribution is 5.96. The van der Waals surface area contributed by atoms with E-state index in [0.717, 1.165) is 16.7 Å². The van der Waals surface area contributed by atoms with Crippen LogP contribution in [0.5, 0.6) is 0 Å². The van der Waals surface area contributed by atoms with Crippen molar-refractivity contribution in [3.8, 4) is 0 Å². The van der Waals surface area contributed by atoms with Gasteiger partial charge in [0.1, 0.15) is 30.3 Å². The van der Waals surface area contributed by atoms with Gasteiger partial charge < -0.3 is 32.1 Å². The van der Waals surface area contributed by atoms with Gasteiger partial charge in [0, 0.05) is 19.3 Å². The molecule has 5 atom stereocenters. The zero-order valence-corrected chi connectivity index (χ0v) is 28.6. The van der Waals surface area contributed by atoms with Crippen molar-refractivity contribution in [1.29, 1.82) is 0 Å². The van der Waals surface area contributed by atoms with Gasteiger partial charge in [0.2, 0.25) is 29.5 Å². The van der Waals surface area contributed by atoms with Gasteiger partial charge in [0.05, 0.1) is 0 Å². The molecule has 0 heterocycles. The number of amides is 5. The Morgan fingerprint density at radius 3 is 1.35 bits per heavy atom. The largest absolute Gasteiger partial charge is 0.383 e. The highest BCUT2D eigenvalue weighted by Gasteiger charge is 2.33. The molecule has 0 spiro atoms. The third-order valence-corrected chi connectivity index (χ3v) is 8.02. The number of rotatable bonds is 18. The Labute approximate surface area is 288 Å². The molecule has 0 saturated heterocycles. The number of hydrogen-bond donors (Lipinski definition) is 6. The van der Waals surface area contributed by atoms with Crippen molar-refractivity contribution in [2.24, 2.45) is 17.6 Å². The molecule has 0 saturated carbocycles. The third-order valence-electron chi connectivity index (χ3n) is 8.02. The lowest BCUT2D eigenvalue weighted by Gasteiger charge is -2.28. The zero-order chi connectivity index (χ0) is 35.9. The van der Waals surface area contributed by atoms with Gasteiger partial charge in [-0.3, -0.25) is 24.0 Å². The average Bonchev–Trinajstić information content (AvgIpc) is 3.07. The fraction of sp³-hybridized carbons (Fsp3) is 0.395. The molecule has 49 heavy (non-hydrogen) atoms. The number of carbonyl (C=O) groups excluding carboxylic acids is 5. The minimum Gasteiger partial charge on any atom is -0.383 e. The number of nitrogens with one attached hydrogen (secondary N) is 4. The molecule has 3 rings (SSSR count). The Morgan fingerprint density at radius 1 is 0.551 bits per heavy atom. The van der Waals surface area contributed by atoms with Crippen LogP contribution in [0.2, 0.25) is 0 Å². The topological polar surface area (TPSA) is 180 Å². The minimum absolute atomic E-state index is 0.0534. The normalized spacial score (nSPS) is 14.2. The molecule has 11 heteroatoms. The minimum atomic E-state index is -1.41. The van der Waals surface area contributed by atoms with E-state index < -0.39 is 59.8 Å². The lowest BCUT2D eigenvalue weighted by atomic mass is 9.98. The Balaban J connectivity index is 1.84. The van der Waals surface area contributed by atoms with Crippen molar-refractivity contribution in [3.63, 3.8) is 0 Å². The molecule has 1 unspecified atom stereocenters. The summed E-state index contributed by atoms with van der Waals surface area (Å²) in [6.07, 6.45) is -0.844. The van der Waals surface area contributed by atoms with Crippen molar-refractivity contribution in [1.82, 2.24) is 21.3 Å². The summed E-state index contributed by atoms with van der Waals surface area (Å²) in [5, 5.41) is 21.6. The summed E-state index contributed by atoms with van der Waals surface area (Å²) in [4.78, 5) is 66.4. The summed E-state index contributed by atoms with van der Waals surface area (Å²) in [5.74, 6) is -3.54. The van der Waals surface area contributed by atoms with Gasteiger partial charge >= 0.3 is 0 Å². The van der Waals surface area contributed by atoms with Crippen molar-refractivity contribution in [2.45, 2.75) is 83.6 Å². The molecule has 0 bridgehead atoms. The maximum Gasteiger partial charge on any atom is 0.249 e. The molecule has 0 fully saturated rings. The van der Waals surface area contributed by atoms with E-state index in [2.05, 4.69) is 21.3 Å². The molecular weight excluding hydrogens is 622 g/mol. The number of benzene rings is 3. The SMILES string of the molecule is CC(C)C[C@@H](NC(=O)[C@H](NC(=O)[C@@H](Cc1ccccc1)NC(=O)[C@@H](Cc1ccccc1)NC(=O)C(O)Cc1ccccc1)C(C)C)C(N)=O. The maximum atomic E-state index is 13.9. The third kappa shape index (κ3) is 12.8. The number of aliphatic hydroxyl groups excluding tert-OH is 1. The molecular formula is C38H49N5O6. The van der Waals surface area contributed by atoms with Gasteiger partial charge in [-0.25, -0.2) is 0 Å². The first-order chi connectivity index (χ1) is 23.3. The van der Waals surface area contributed by atoms with Crippen LogP contribution in [0.25, 0.3) is 0 Å². The molecule has 0 aliphatic carbocycles. The summed E-state index contributed by atoms with van der Waals surface area (Å²) in [5.41, 5.74) is 7.80. The number of hydrogen-bond acceptors (Lipinski definition) is 6. The fourth-order valence-corrected chi connectivity index (χ4v) is 5.36. The Kier molecular flexibility index (Phi) is 15.0. The van der Waals surface area contributed by atoms with Gasteiger partial charge in [0.25, 0.3) is 0 Å². The summed E-state index contributed by atoms with van der Waals surface area (Å²) in [6.45, 7) is 7.31. The van der Waals surface area contributed by atoms with Crippen LogP contribution in [0.15, 0.2) is 91.0 Å². The first kappa shape index (κ1) is 38.4. The van der Waals surface area contributed by atoms with E-state index in [0.29, 0.717) is 6.42 Å². The predicted octanol–water partition coefficient (Wildman–Crippen LogP) is 2.20. The lowest BCUT2D eigenvalue weighted by molar-refractivity contribution is -0.136. The van der Waals surface area contributed by atoms with Gasteiger partial charge in [-0.05, 0) is 34.9 Å². The number of carbonyl (C=O) groups is 5. The van der Waals surface area contributed by atoms with Crippen LogP contribution >= 0.6 is 0 Å². The smallest absolute Gasteiger partial charge is 0.249 e. The number of primary amides is 1. The molecule has 5 amide bonds. The summed E-state index contributed by atoms with van der Waals surface area (Å²) >= 11 is 0. The van der Waals surface area contributed by atoms with Crippen molar-refractivity contribution < 1.29 is 29.1 Å². The van der Waals surface area contributed by atoms with E-state index in [9.17, 15) is 29.1 Å². The van der Waals surface area contributed by atoms with Gasteiger partial charge in [-0.1, -0.05) is 119 Å². The molecule has 262 valence electrons. The standard InChI is InChI=1S/C38H49N5O6/c1-24(2)20-29(34(39)45)40-38(49)33(25(3)4)43-36(47)31(22-27-16-10-6-11-17-27)41-35(46)30(21-26-14-8-5-9-15-26)42-37(48)32(44)23-28-18-12-7-13-19-28/h5-19,24-25,29-33,44H,20-23H2,1-4H3,(H2,39,45)(H,40,49)(H,41,46)(H,42,48)(H,43,47)/t29-,30-,31-,32?,33-/m1/s1. The van der Waals surface area contributed by atoms with Crippen LogP contribution in [0.3, 0.4) is 0 Å². The van der Waals surface area contributed by atoms with Crippen LogP contribution in [0, 0.1) is 11.8 Å². The first-order valence-electron chi connectivity index (χ1n) is 16.6. The van der Waals surface area contributed by atoms with Crippen LogP contribution < -0.4 is 27.0 Å². The van der Waals surface area contributed by atoms with Crippen LogP contribution in [-0.2, 0) is 43.2 Å². The van der Waals surface area contributed by atoms with Gasteiger partial charge in [0.15, 0.2) is 0 Å². The van der Waals surface area contributed by atoms with Crippen LogP contribution in [0.1, 0.15) is 50.8 Å². The van der Waals surface area contributed by atoms with E-state index in [1.54, 1.807) is 38.1 Å². The summed E-state index contributed by atoms with van der Waals surface area (Å²) < 4.78 is 0. The van der Waals surface area contributed by atoms with Crippen LogP contribution in [-0.4, -0.2) is 64.9 Å². The highest BCUT2D eigenvalue weighted by atomic mass is 16.3. The van der Waals surface area contributed by atoms with E-state index in [1.807, 2.05) is 80.6 Å². The summed E-state index contributed by atoms with van der Waals surface area (Å²) in [7, 11) is 0. The molecule has 0 radical (unpaired) electrons. The van der Waals surface area contributed by atoms with E-state index in [4.69, 9.17) is 5.73 Å². The first-order valence-corrected chi connectivity index (χ1v) is 16.6. The van der Waals surface area contributed by atoms with E-state index >= 15 is 0 Å². The fourth-order valence-electron chi connectivity index (χ4n) is 5.36. The molecule has 0 aromatic heterocycles.